The van der Waals surface area contributed by atoms with Gasteiger partial charge in [-0.25, -0.2) is 4.79 Å². The molecule has 0 atom stereocenters. The highest BCUT2D eigenvalue weighted by molar-refractivity contribution is 6.47. The van der Waals surface area contributed by atoms with Crippen molar-refractivity contribution in [2.45, 2.75) is 13.1 Å². The Morgan fingerprint density at radius 2 is 1.72 bits per heavy atom. The molecule has 0 aliphatic rings. The normalized spacial score (nSPS) is 12.0. The van der Waals surface area contributed by atoms with Crippen LogP contribution in [0.15, 0.2) is 11.8 Å². The van der Waals surface area contributed by atoms with Crippen LogP contribution in [0.1, 0.15) is 6.92 Å². The van der Waals surface area contributed by atoms with Crippen molar-refractivity contribution < 1.29 is 32.3 Å². The first kappa shape index (κ1) is 16.1. The van der Waals surface area contributed by atoms with E-state index in [2.05, 4.69) is 4.74 Å². The lowest BCUT2D eigenvalue weighted by Gasteiger charge is -2.11. The highest BCUT2D eigenvalue weighted by atomic mass is 19.4. The van der Waals surface area contributed by atoms with Gasteiger partial charge < -0.3 is 9.64 Å². The predicted octanol–water partition coefficient (Wildman–Crippen LogP) is 0.695. The van der Waals surface area contributed by atoms with Crippen LogP contribution >= 0.6 is 0 Å². The first-order valence-electron chi connectivity index (χ1n) is 4.82. The molecular weight excluding hydrogens is 255 g/mol. The molecule has 0 aromatic rings. The van der Waals surface area contributed by atoms with Crippen molar-refractivity contribution in [3.05, 3.63) is 11.8 Å². The number of rotatable bonds is 5. The molecule has 0 amide bonds. The summed E-state index contributed by atoms with van der Waals surface area (Å²) in [6.45, 7) is 1.20. The van der Waals surface area contributed by atoms with Gasteiger partial charge in [-0.05, 0) is 6.92 Å². The highest BCUT2D eigenvalue weighted by Gasteiger charge is 2.44. The maximum absolute atomic E-state index is 12.2. The summed E-state index contributed by atoms with van der Waals surface area (Å²) in [5.74, 6) is -5.50. The van der Waals surface area contributed by atoms with Crippen molar-refractivity contribution in [2.24, 2.45) is 0 Å². The van der Waals surface area contributed by atoms with Crippen LogP contribution in [0.2, 0.25) is 0 Å². The zero-order valence-corrected chi connectivity index (χ0v) is 10.00. The first-order valence-corrected chi connectivity index (χ1v) is 4.82. The fraction of sp³-hybridized carbons (Fsp3) is 0.500. The largest absolute Gasteiger partial charge is 0.460 e. The van der Waals surface area contributed by atoms with Gasteiger partial charge in [0.2, 0.25) is 0 Å². The summed E-state index contributed by atoms with van der Waals surface area (Å²) in [7, 11) is 2.62. The molecule has 0 saturated carbocycles. The number of Topliss-reactive ketones (excluding diaryl/α,β-unsaturated/α-hetero) is 2. The third kappa shape index (κ3) is 4.56. The summed E-state index contributed by atoms with van der Waals surface area (Å²) in [5.41, 5.74) is -1.27. The van der Waals surface area contributed by atoms with Gasteiger partial charge in [0, 0.05) is 20.3 Å². The molecule has 0 spiro atoms. The summed E-state index contributed by atoms with van der Waals surface area (Å²) < 4.78 is 41.0. The molecule has 18 heavy (non-hydrogen) atoms. The minimum atomic E-state index is -5.23. The van der Waals surface area contributed by atoms with Gasteiger partial charge in [0.15, 0.2) is 0 Å². The molecule has 5 nitrogen and oxygen atoms in total. The molecule has 0 bridgehead atoms. The third-order valence-electron chi connectivity index (χ3n) is 1.59. The standard InChI is InChI=1S/C10H12F3NO4/c1-4-18-9(17)7(15)6(5-14(2)3)8(16)10(11,12)13/h5H,4H2,1-3H3/b6-5-. The van der Waals surface area contributed by atoms with Gasteiger partial charge in [-0.3, -0.25) is 9.59 Å². The van der Waals surface area contributed by atoms with Gasteiger partial charge in [0.25, 0.3) is 11.6 Å². The smallest absolute Gasteiger partial charge is 0.455 e. The van der Waals surface area contributed by atoms with Gasteiger partial charge >= 0.3 is 12.1 Å². The fourth-order valence-electron chi connectivity index (χ4n) is 0.938. The molecule has 0 heterocycles. The lowest BCUT2D eigenvalue weighted by molar-refractivity contribution is -0.168. The number of ether oxygens (including phenoxy) is 1. The van der Waals surface area contributed by atoms with Crippen LogP contribution in [0.5, 0.6) is 0 Å². The monoisotopic (exact) mass is 267 g/mol. The van der Waals surface area contributed by atoms with Crippen LogP contribution in [0.4, 0.5) is 13.2 Å². The number of halogens is 3. The second-order valence-corrected chi connectivity index (χ2v) is 3.38. The summed E-state index contributed by atoms with van der Waals surface area (Å²) in [6.07, 6.45) is -4.60. The van der Waals surface area contributed by atoms with Crippen LogP contribution in [0.25, 0.3) is 0 Å². The number of carbonyl (C=O) groups excluding carboxylic acids is 3. The van der Waals surface area contributed by atoms with Crippen LogP contribution < -0.4 is 0 Å². The van der Waals surface area contributed by atoms with Crippen LogP contribution in [-0.2, 0) is 19.1 Å². The Kier molecular flexibility index (Phi) is 5.54. The zero-order chi connectivity index (χ0) is 14.5. The van der Waals surface area contributed by atoms with Crippen molar-refractivity contribution in [2.75, 3.05) is 20.7 Å². The van der Waals surface area contributed by atoms with Crippen molar-refractivity contribution in [1.82, 2.24) is 4.90 Å². The minimum absolute atomic E-state index is 0.181. The number of nitrogens with zero attached hydrogens (tertiary/aromatic N) is 1. The van der Waals surface area contributed by atoms with E-state index in [9.17, 15) is 27.6 Å². The van der Waals surface area contributed by atoms with E-state index in [0.29, 0.717) is 6.20 Å². The minimum Gasteiger partial charge on any atom is -0.460 e. The first-order chi connectivity index (χ1) is 8.11. The molecule has 0 aliphatic carbocycles. The van der Waals surface area contributed by atoms with Gasteiger partial charge in [-0.15, -0.1) is 0 Å². The van der Waals surface area contributed by atoms with E-state index in [1.807, 2.05) is 0 Å². The van der Waals surface area contributed by atoms with Crippen molar-refractivity contribution >= 4 is 17.5 Å². The Hall–Kier alpha value is -1.86. The SMILES string of the molecule is CCOC(=O)C(=O)/C(=C/N(C)C)C(=O)C(F)(F)F. The van der Waals surface area contributed by atoms with E-state index < -0.39 is 29.3 Å². The molecule has 0 radical (unpaired) electrons. The average molecular weight is 267 g/mol. The molecule has 102 valence electrons. The lowest BCUT2D eigenvalue weighted by Crippen LogP contribution is -2.33. The van der Waals surface area contributed by atoms with Gasteiger partial charge in [-0.1, -0.05) is 0 Å². The number of hydrogen-bond acceptors (Lipinski definition) is 5. The van der Waals surface area contributed by atoms with E-state index in [1.165, 1.54) is 21.0 Å². The maximum Gasteiger partial charge on any atom is 0.455 e. The second-order valence-electron chi connectivity index (χ2n) is 3.38. The molecule has 0 aromatic heterocycles. The van der Waals surface area contributed by atoms with Crippen LogP contribution in [0, 0.1) is 0 Å². The summed E-state index contributed by atoms with van der Waals surface area (Å²) in [4.78, 5) is 34.5. The number of carbonyl (C=O) groups is 3. The topological polar surface area (TPSA) is 63.7 Å². The molecule has 0 rings (SSSR count). The van der Waals surface area contributed by atoms with Gasteiger partial charge in [0.1, 0.15) is 0 Å². The molecule has 0 fully saturated rings. The van der Waals surface area contributed by atoms with Crippen molar-refractivity contribution in [3.63, 3.8) is 0 Å². The number of esters is 1. The molecule has 8 heteroatoms. The Labute approximate surface area is 101 Å². The molecular formula is C10H12F3NO4. The number of hydrogen-bond donors (Lipinski definition) is 0. The summed E-state index contributed by atoms with van der Waals surface area (Å²) >= 11 is 0. The van der Waals surface area contributed by atoms with E-state index >= 15 is 0 Å². The lowest BCUT2D eigenvalue weighted by atomic mass is 10.1. The van der Waals surface area contributed by atoms with Crippen LogP contribution in [0.3, 0.4) is 0 Å². The molecule has 0 N–H and O–H groups in total. The van der Waals surface area contributed by atoms with E-state index in [0.717, 1.165) is 4.90 Å². The average Bonchev–Trinajstić information content (AvgIpc) is 2.22. The molecule has 0 saturated heterocycles. The van der Waals surface area contributed by atoms with Crippen molar-refractivity contribution in [3.8, 4) is 0 Å². The number of ketones is 2. The number of alkyl halides is 3. The van der Waals surface area contributed by atoms with Crippen molar-refractivity contribution in [1.29, 1.82) is 0 Å². The van der Waals surface area contributed by atoms with E-state index in [4.69, 9.17) is 0 Å². The summed E-state index contributed by atoms with van der Waals surface area (Å²) in [6, 6.07) is 0. The second kappa shape index (κ2) is 6.18. The summed E-state index contributed by atoms with van der Waals surface area (Å²) in [5, 5.41) is 0. The quantitative estimate of drug-likeness (QED) is 0.241. The Morgan fingerprint density at radius 3 is 2.06 bits per heavy atom. The molecule has 0 unspecified atom stereocenters. The highest BCUT2D eigenvalue weighted by Crippen LogP contribution is 2.21. The molecule has 0 aliphatic heterocycles. The zero-order valence-electron chi connectivity index (χ0n) is 10.00. The van der Waals surface area contributed by atoms with Gasteiger partial charge in [0.05, 0.1) is 12.2 Å². The van der Waals surface area contributed by atoms with E-state index in [-0.39, 0.29) is 6.61 Å². The fourth-order valence-corrected chi connectivity index (χ4v) is 0.938. The molecule has 0 aromatic carbocycles. The maximum atomic E-state index is 12.2. The Morgan fingerprint density at radius 1 is 1.22 bits per heavy atom. The van der Waals surface area contributed by atoms with Gasteiger partial charge in [-0.2, -0.15) is 13.2 Å². The predicted molar refractivity (Wildman–Crippen MR) is 54.5 cm³/mol. The van der Waals surface area contributed by atoms with Crippen LogP contribution in [-0.4, -0.2) is 49.3 Å². The van der Waals surface area contributed by atoms with E-state index in [1.54, 1.807) is 0 Å². The third-order valence-corrected chi connectivity index (χ3v) is 1.59. The Balaban J connectivity index is 5.34. The Bertz CT molecular complexity index is 385.